The van der Waals surface area contributed by atoms with E-state index in [4.69, 9.17) is 33.0 Å². The lowest BCUT2D eigenvalue weighted by Crippen LogP contribution is -2.33. The van der Waals surface area contributed by atoms with Gasteiger partial charge in [-0.2, -0.15) is 5.10 Å². The Kier molecular flexibility index (Phi) is 3.92. The van der Waals surface area contributed by atoms with Gasteiger partial charge in [-0.1, -0.05) is 41.4 Å². The van der Waals surface area contributed by atoms with Crippen molar-refractivity contribution in [2.45, 2.75) is 18.7 Å². The van der Waals surface area contributed by atoms with Crippen molar-refractivity contribution in [2.75, 3.05) is 0 Å². The van der Waals surface area contributed by atoms with Crippen molar-refractivity contribution in [3.05, 3.63) is 86.0 Å². The SMILES string of the molecule is Clc1ccc([C@@H]2Oc3ccc(Cl)cc3[C@@H]3CC(c4cccs4)=NN32)cc1. The quantitative estimate of drug-likeness (QED) is 0.504. The molecule has 0 saturated carbocycles. The van der Waals surface area contributed by atoms with E-state index in [9.17, 15) is 0 Å². The first kappa shape index (κ1) is 16.2. The molecule has 0 aliphatic carbocycles. The third kappa shape index (κ3) is 2.69. The average Bonchev–Trinajstić information content (AvgIpc) is 3.32. The second-order valence-electron chi connectivity index (χ2n) is 6.33. The molecule has 1 aromatic heterocycles. The predicted molar refractivity (Wildman–Crippen MR) is 106 cm³/mol. The monoisotopic (exact) mass is 400 g/mol. The topological polar surface area (TPSA) is 24.8 Å². The Balaban J connectivity index is 1.61. The molecule has 2 aliphatic heterocycles. The Morgan fingerprint density at radius 3 is 2.62 bits per heavy atom. The predicted octanol–water partition coefficient (Wildman–Crippen LogP) is 6.30. The van der Waals surface area contributed by atoms with E-state index < -0.39 is 0 Å². The van der Waals surface area contributed by atoms with Crippen LogP contribution in [0, 0.1) is 0 Å². The second-order valence-corrected chi connectivity index (χ2v) is 8.15. The van der Waals surface area contributed by atoms with Crippen molar-refractivity contribution in [3.63, 3.8) is 0 Å². The first-order valence-electron chi connectivity index (χ1n) is 8.30. The summed E-state index contributed by atoms with van der Waals surface area (Å²) in [6.45, 7) is 0. The minimum absolute atomic E-state index is 0.107. The van der Waals surface area contributed by atoms with Gasteiger partial charge in [-0.3, -0.25) is 0 Å². The van der Waals surface area contributed by atoms with Gasteiger partial charge in [-0.25, -0.2) is 5.01 Å². The highest BCUT2D eigenvalue weighted by Gasteiger charge is 2.41. The van der Waals surface area contributed by atoms with Gasteiger partial charge in [0.2, 0.25) is 6.23 Å². The van der Waals surface area contributed by atoms with Crippen LogP contribution in [0.5, 0.6) is 5.75 Å². The van der Waals surface area contributed by atoms with Crippen LogP contribution in [0.25, 0.3) is 0 Å². The molecule has 0 unspecified atom stereocenters. The van der Waals surface area contributed by atoms with Gasteiger partial charge in [0.25, 0.3) is 0 Å². The van der Waals surface area contributed by atoms with Crippen LogP contribution in [-0.4, -0.2) is 10.7 Å². The molecule has 3 nitrogen and oxygen atoms in total. The number of fused-ring (bicyclic) bond motifs is 3. The summed E-state index contributed by atoms with van der Waals surface area (Å²) in [5.41, 5.74) is 3.19. The molecule has 26 heavy (non-hydrogen) atoms. The fourth-order valence-electron chi connectivity index (χ4n) is 3.50. The van der Waals surface area contributed by atoms with Crippen LogP contribution in [0.2, 0.25) is 10.0 Å². The van der Waals surface area contributed by atoms with E-state index >= 15 is 0 Å². The van der Waals surface area contributed by atoms with Gasteiger partial charge < -0.3 is 4.74 Å². The van der Waals surface area contributed by atoms with Crippen molar-refractivity contribution in [1.29, 1.82) is 0 Å². The van der Waals surface area contributed by atoms with E-state index in [0.717, 1.165) is 29.0 Å². The molecule has 5 rings (SSSR count). The molecular weight excluding hydrogens is 387 g/mol. The van der Waals surface area contributed by atoms with Crippen LogP contribution in [0.15, 0.2) is 65.1 Å². The number of hydrogen-bond donors (Lipinski definition) is 0. The summed E-state index contributed by atoms with van der Waals surface area (Å²) in [6.07, 6.45) is 0.546. The first-order chi connectivity index (χ1) is 12.7. The Bertz CT molecular complexity index is 986. The van der Waals surface area contributed by atoms with Gasteiger partial charge in [0.1, 0.15) is 5.75 Å². The van der Waals surface area contributed by atoms with E-state index in [1.807, 2.05) is 42.5 Å². The molecule has 3 aromatic rings. The second kappa shape index (κ2) is 6.31. The van der Waals surface area contributed by atoms with Crippen LogP contribution >= 0.6 is 34.5 Å². The van der Waals surface area contributed by atoms with Crippen molar-refractivity contribution in [2.24, 2.45) is 5.10 Å². The summed E-state index contributed by atoms with van der Waals surface area (Å²) in [5, 5.41) is 10.5. The fraction of sp³-hybridized carbons (Fsp3) is 0.150. The van der Waals surface area contributed by atoms with E-state index in [-0.39, 0.29) is 12.3 Å². The van der Waals surface area contributed by atoms with Crippen LogP contribution in [0.1, 0.15) is 34.7 Å². The fourth-order valence-corrected chi connectivity index (χ4v) is 4.52. The molecule has 0 bridgehead atoms. The van der Waals surface area contributed by atoms with Crippen molar-refractivity contribution < 1.29 is 4.74 Å². The van der Waals surface area contributed by atoms with Crippen molar-refractivity contribution in [1.82, 2.24) is 5.01 Å². The number of thiophene rings is 1. The van der Waals surface area contributed by atoms with Crippen molar-refractivity contribution in [3.8, 4) is 5.75 Å². The number of ether oxygens (including phenoxy) is 1. The third-order valence-corrected chi connectivity index (χ3v) is 6.12. The van der Waals surface area contributed by atoms with E-state index in [1.54, 1.807) is 11.3 Å². The first-order valence-corrected chi connectivity index (χ1v) is 9.94. The summed E-state index contributed by atoms with van der Waals surface area (Å²) >= 11 is 14.0. The Morgan fingerprint density at radius 2 is 1.85 bits per heavy atom. The number of rotatable bonds is 2. The van der Waals surface area contributed by atoms with E-state index in [2.05, 4.69) is 22.5 Å². The van der Waals surface area contributed by atoms with Crippen LogP contribution in [-0.2, 0) is 0 Å². The number of benzene rings is 2. The lowest BCUT2D eigenvalue weighted by atomic mass is 9.97. The number of hydrazone groups is 1. The van der Waals surface area contributed by atoms with Crippen molar-refractivity contribution >= 4 is 40.3 Å². The molecule has 6 heteroatoms. The zero-order valence-electron chi connectivity index (χ0n) is 13.6. The Hall–Kier alpha value is -2.01. The lowest BCUT2D eigenvalue weighted by Gasteiger charge is -2.38. The Morgan fingerprint density at radius 1 is 1.04 bits per heavy atom. The maximum atomic E-state index is 6.31. The number of hydrogen-bond acceptors (Lipinski definition) is 4. The minimum atomic E-state index is -0.289. The summed E-state index contributed by atoms with van der Waals surface area (Å²) in [4.78, 5) is 1.19. The van der Waals surface area contributed by atoms with Crippen LogP contribution in [0.3, 0.4) is 0 Å². The largest absolute Gasteiger partial charge is 0.464 e. The number of nitrogens with zero attached hydrogens (tertiary/aromatic N) is 2. The number of halogens is 2. The van der Waals surface area contributed by atoms with Gasteiger partial charge in [-0.05, 0) is 41.8 Å². The molecule has 3 heterocycles. The van der Waals surface area contributed by atoms with Gasteiger partial charge in [0.15, 0.2) is 0 Å². The molecule has 130 valence electrons. The summed E-state index contributed by atoms with van der Waals surface area (Å²) in [7, 11) is 0. The van der Waals surface area contributed by atoms with Gasteiger partial charge in [-0.15, -0.1) is 11.3 Å². The van der Waals surface area contributed by atoms with E-state index in [0.29, 0.717) is 10.0 Å². The molecule has 2 aromatic carbocycles. The molecule has 0 spiro atoms. The normalized spacial score (nSPS) is 21.0. The highest BCUT2D eigenvalue weighted by molar-refractivity contribution is 7.12. The molecule has 2 atom stereocenters. The zero-order valence-corrected chi connectivity index (χ0v) is 15.9. The Labute approximate surface area is 165 Å². The minimum Gasteiger partial charge on any atom is -0.464 e. The molecule has 0 N–H and O–H groups in total. The molecule has 0 fully saturated rings. The highest BCUT2D eigenvalue weighted by atomic mass is 35.5. The smallest absolute Gasteiger partial charge is 0.213 e. The molecular formula is C20H14Cl2N2OS. The molecule has 0 saturated heterocycles. The van der Waals surface area contributed by atoms with Crippen LogP contribution in [0.4, 0.5) is 0 Å². The molecule has 2 aliphatic rings. The highest BCUT2D eigenvalue weighted by Crippen LogP contribution is 2.48. The van der Waals surface area contributed by atoms with Gasteiger partial charge in [0.05, 0.1) is 16.6 Å². The van der Waals surface area contributed by atoms with Gasteiger partial charge >= 0.3 is 0 Å². The standard InChI is InChI=1S/C20H14Cl2N2OS/c21-13-5-3-12(4-6-13)20-24-17(11-16(23-24)19-2-1-9-26-19)15-10-14(22)7-8-18(15)25-20/h1-10,17,20H,11H2/t17-,20-/m0/s1. The maximum Gasteiger partial charge on any atom is 0.213 e. The third-order valence-electron chi connectivity index (χ3n) is 4.71. The summed E-state index contributed by atoms with van der Waals surface area (Å²) in [6, 6.07) is 17.8. The zero-order chi connectivity index (χ0) is 17.7. The lowest BCUT2D eigenvalue weighted by molar-refractivity contribution is -0.0190. The average molecular weight is 401 g/mol. The maximum absolute atomic E-state index is 6.31. The molecule has 0 amide bonds. The summed E-state index contributed by atoms with van der Waals surface area (Å²) < 4.78 is 6.31. The van der Waals surface area contributed by atoms with Crippen LogP contribution < -0.4 is 4.74 Å². The van der Waals surface area contributed by atoms with Gasteiger partial charge in [0, 0.05) is 27.6 Å². The van der Waals surface area contributed by atoms with E-state index in [1.165, 1.54) is 4.88 Å². The molecule has 0 radical (unpaired) electrons. The summed E-state index contributed by atoms with van der Waals surface area (Å²) in [5.74, 6) is 0.859.